The average Bonchev–Trinajstić information content (AvgIpc) is 2.57. The Hall–Kier alpha value is -1.88. The molecule has 1 fully saturated rings. The highest BCUT2D eigenvalue weighted by Crippen LogP contribution is 2.21. The summed E-state index contributed by atoms with van der Waals surface area (Å²) in [5, 5.41) is 3.23. The van der Waals surface area contributed by atoms with E-state index in [0.29, 0.717) is 17.3 Å². The molecule has 2 aromatic rings. The maximum atomic E-state index is 12.6. The van der Waals surface area contributed by atoms with Gasteiger partial charge in [0.05, 0.1) is 0 Å². The Labute approximate surface area is 145 Å². The lowest BCUT2D eigenvalue weighted by atomic mass is 9.99. The fourth-order valence-corrected chi connectivity index (χ4v) is 2.97. The molecule has 0 saturated carbocycles. The third-order valence-corrected chi connectivity index (χ3v) is 4.72. The number of hydrogen-bond acceptors (Lipinski definition) is 3. The summed E-state index contributed by atoms with van der Waals surface area (Å²) < 4.78 is 1.03. The molecule has 0 bridgehead atoms. The molecule has 0 unspecified atom stereocenters. The molecule has 0 atom stereocenters. The van der Waals surface area contributed by atoms with Gasteiger partial charge in [-0.25, -0.2) is 4.98 Å². The van der Waals surface area contributed by atoms with Gasteiger partial charge in [0.25, 0.3) is 5.91 Å². The van der Waals surface area contributed by atoms with Crippen LogP contribution in [0.25, 0.3) is 0 Å². The van der Waals surface area contributed by atoms with Gasteiger partial charge >= 0.3 is 0 Å². The standard InChI is InChI=1S/C18H20BrN3O/c1-13-7-10-22(11-8-13)18(23)14-6-9-20-17(12-14)21-16-4-2-15(19)3-5-16/h2-6,9,12-13H,7-8,10-11H2,1H3,(H,20,21). The minimum Gasteiger partial charge on any atom is -0.340 e. The van der Waals surface area contributed by atoms with Crippen molar-refractivity contribution in [2.24, 2.45) is 5.92 Å². The van der Waals surface area contributed by atoms with Crippen LogP contribution in [0.2, 0.25) is 0 Å². The van der Waals surface area contributed by atoms with Crippen LogP contribution < -0.4 is 5.32 Å². The summed E-state index contributed by atoms with van der Waals surface area (Å²) in [7, 11) is 0. The maximum absolute atomic E-state index is 12.6. The number of nitrogens with one attached hydrogen (secondary N) is 1. The Kier molecular flexibility index (Phi) is 4.96. The van der Waals surface area contributed by atoms with E-state index in [2.05, 4.69) is 33.2 Å². The molecule has 1 amide bonds. The van der Waals surface area contributed by atoms with Crippen molar-refractivity contribution in [3.63, 3.8) is 0 Å². The van der Waals surface area contributed by atoms with Crippen molar-refractivity contribution >= 4 is 33.3 Å². The van der Waals surface area contributed by atoms with E-state index >= 15 is 0 Å². The van der Waals surface area contributed by atoms with E-state index in [4.69, 9.17) is 0 Å². The SMILES string of the molecule is CC1CCN(C(=O)c2ccnc(Nc3ccc(Br)cc3)c2)CC1. The number of nitrogens with zero attached hydrogens (tertiary/aromatic N) is 2. The number of likely N-dealkylation sites (tertiary alicyclic amines) is 1. The molecular formula is C18H20BrN3O. The first-order valence-corrected chi connectivity index (χ1v) is 8.69. The molecule has 1 aromatic carbocycles. The number of halogens is 1. The number of aromatic nitrogens is 1. The lowest BCUT2D eigenvalue weighted by molar-refractivity contribution is 0.0697. The Bertz CT molecular complexity index is 679. The molecular weight excluding hydrogens is 354 g/mol. The minimum absolute atomic E-state index is 0.0955. The van der Waals surface area contributed by atoms with Gasteiger partial charge in [-0.3, -0.25) is 4.79 Å². The van der Waals surface area contributed by atoms with Crippen molar-refractivity contribution < 1.29 is 4.79 Å². The van der Waals surface area contributed by atoms with Gasteiger partial charge in [0, 0.05) is 35.0 Å². The van der Waals surface area contributed by atoms with E-state index in [1.165, 1.54) is 0 Å². The fraction of sp³-hybridized carbons (Fsp3) is 0.333. The molecule has 0 spiro atoms. The van der Waals surface area contributed by atoms with Gasteiger partial charge in [-0.2, -0.15) is 0 Å². The number of carbonyl (C=O) groups excluding carboxylic acids is 1. The van der Waals surface area contributed by atoms with Crippen molar-refractivity contribution in [3.05, 3.63) is 52.6 Å². The van der Waals surface area contributed by atoms with E-state index in [9.17, 15) is 4.79 Å². The first-order chi connectivity index (χ1) is 11.1. The first-order valence-electron chi connectivity index (χ1n) is 7.90. The molecule has 0 radical (unpaired) electrons. The number of carbonyl (C=O) groups is 1. The Morgan fingerprint density at radius 3 is 2.61 bits per heavy atom. The molecule has 1 saturated heterocycles. The van der Waals surface area contributed by atoms with Crippen LogP contribution in [0.15, 0.2) is 47.1 Å². The van der Waals surface area contributed by atoms with E-state index in [-0.39, 0.29) is 5.91 Å². The summed E-state index contributed by atoms with van der Waals surface area (Å²) in [5.41, 5.74) is 1.63. The van der Waals surface area contributed by atoms with Crippen LogP contribution in [0.1, 0.15) is 30.1 Å². The molecule has 2 heterocycles. The number of pyridine rings is 1. The van der Waals surface area contributed by atoms with Crippen LogP contribution in [0, 0.1) is 5.92 Å². The average molecular weight is 374 g/mol. The number of benzene rings is 1. The van der Waals surface area contributed by atoms with Crippen LogP contribution in [-0.4, -0.2) is 28.9 Å². The maximum Gasteiger partial charge on any atom is 0.254 e. The molecule has 0 aliphatic carbocycles. The number of amides is 1. The molecule has 4 nitrogen and oxygen atoms in total. The minimum atomic E-state index is 0.0955. The summed E-state index contributed by atoms with van der Waals surface area (Å²) in [6, 6.07) is 11.5. The lowest BCUT2D eigenvalue weighted by Crippen LogP contribution is -2.37. The fourth-order valence-electron chi connectivity index (χ4n) is 2.71. The summed E-state index contributed by atoms with van der Waals surface area (Å²) in [4.78, 5) is 18.9. The smallest absolute Gasteiger partial charge is 0.254 e. The number of piperidine rings is 1. The van der Waals surface area contributed by atoms with Crippen molar-refractivity contribution in [1.82, 2.24) is 9.88 Å². The normalized spacial score (nSPS) is 15.5. The second-order valence-corrected chi connectivity index (χ2v) is 6.95. The van der Waals surface area contributed by atoms with Crippen molar-refractivity contribution in [2.45, 2.75) is 19.8 Å². The van der Waals surface area contributed by atoms with E-state index < -0.39 is 0 Å². The van der Waals surface area contributed by atoms with E-state index in [1.54, 1.807) is 12.3 Å². The van der Waals surface area contributed by atoms with Gasteiger partial charge in [-0.15, -0.1) is 0 Å². The van der Waals surface area contributed by atoms with Gasteiger partial charge in [0.2, 0.25) is 0 Å². The zero-order chi connectivity index (χ0) is 16.2. The number of anilines is 2. The van der Waals surface area contributed by atoms with Crippen LogP contribution in [0.3, 0.4) is 0 Å². The van der Waals surface area contributed by atoms with Gasteiger partial charge < -0.3 is 10.2 Å². The van der Waals surface area contributed by atoms with E-state index in [1.807, 2.05) is 35.2 Å². The number of rotatable bonds is 3. The highest BCUT2D eigenvalue weighted by Gasteiger charge is 2.21. The van der Waals surface area contributed by atoms with Crippen LogP contribution in [0.4, 0.5) is 11.5 Å². The zero-order valence-electron chi connectivity index (χ0n) is 13.1. The largest absolute Gasteiger partial charge is 0.340 e. The third-order valence-electron chi connectivity index (χ3n) is 4.19. The predicted molar refractivity (Wildman–Crippen MR) is 96.0 cm³/mol. The zero-order valence-corrected chi connectivity index (χ0v) is 14.7. The summed E-state index contributed by atoms with van der Waals surface area (Å²) in [6.07, 6.45) is 3.85. The second-order valence-electron chi connectivity index (χ2n) is 6.04. The van der Waals surface area contributed by atoms with Crippen LogP contribution in [-0.2, 0) is 0 Å². The number of hydrogen-bond donors (Lipinski definition) is 1. The summed E-state index contributed by atoms with van der Waals surface area (Å²) >= 11 is 3.42. The van der Waals surface area contributed by atoms with Gasteiger partial charge in [0.15, 0.2) is 0 Å². The summed E-state index contributed by atoms with van der Waals surface area (Å²) in [5.74, 6) is 1.49. The van der Waals surface area contributed by atoms with Gasteiger partial charge in [-0.1, -0.05) is 22.9 Å². The molecule has 120 valence electrons. The molecule has 1 N–H and O–H groups in total. The molecule has 1 aromatic heterocycles. The highest BCUT2D eigenvalue weighted by molar-refractivity contribution is 9.10. The van der Waals surface area contributed by atoms with Crippen LogP contribution in [0.5, 0.6) is 0 Å². The quantitative estimate of drug-likeness (QED) is 0.863. The Balaban J connectivity index is 1.71. The lowest BCUT2D eigenvalue weighted by Gasteiger charge is -2.30. The third kappa shape index (κ3) is 4.10. The molecule has 1 aliphatic rings. The van der Waals surface area contributed by atoms with Crippen LogP contribution >= 0.6 is 15.9 Å². The topological polar surface area (TPSA) is 45.2 Å². The Morgan fingerprint density at radius 1 is 1.22 bits per heavy atom. The molecule has 23 heavy (non-hydrogen) atoms. The molecule has 5 heteroatoms. The van der Waals surface area contributed by atoms with Gasteiger partial charge in [0.1, 0.15) is 5.82 Å². The van der Waals surface area contributed by atoms with Gasteiger partial charge in [-0.05, 0) is 55.2 Å². The van der Waals surface area contributed by atoms with E-state index in [0.717, 1.165) is 36.1 Å². The van der Waals surface area contributed by atoms with Crippen molar-refractivity contribution in [3.8, 4) is 0 Å². The first kappa shape index (κ1) is 16.0. The summed E-state index contributed by atoms with van der Waals surface area (Å²) in [6.45, 7) is 3.93. The van der Waals surface area contributed by atoms with Crippen molar-refractivity contribution in [2.75, 3.05) is 18.4 Å². The second kappa shape index (κ2) is 7.13. The van der Waals surface area contributed by atoms with Crippen molar-refractivity contribution in [1.29, 1.82) is 0 Å². The highest BCUT2D eigenvalue weighted by atomic mass is 79.9. The monoisotopic (exact) mass is 373 g/mol. The molecule has 3 rings (SSSR count). The predicted octanol–water partition coefficient (Wildman–Crippen LogP) is 4.46. The Morgan fingerprint density at radius 2 is 1.91 bits per heavy atom. The molecule has 1 aliphatic heterocycles.